The van der Waals surface area contributed by atoms with E-state index >= 15 is 0 Å². The number of aromatic amines is 1. The third-order valence-corrected chi connectivity index (χ3v) is 3.94. The molecule has 0 aliphatic rings. The molecular formula is C13H13BrN2S. The number of benzene rings is 1. The van der Waals surface area contributed by atoms with E-state index in [1.165, 1.54) is 16.7 Å². The van der Waals surface area contributed by atoms with Crippen LogP contribution in [0.3, 0.4) is 0 Å². The molecule has 0 saturated carbocycles. The zero-order valence-corrected chi connectivity index (χ0v) is 12.2. The zero-order chi connectivity index (χ0) is 12.4. The topological polar surface area (TPSA) is 28.7 Å². The summed E-state index contributed by atoms with van der Waals surface area (Å²) in [4.78, 5) is 7.43. The number of halogens is 1. The maximum absolute atomic E-state index is 5.16. The summed E-state index contributed by atoms with van der Waals surface area (Å²) >= 11 is 8.50. The van der Waals surface area contributed by atoms with Gasteiger partial charge in [-0.15, -0.1) is 0 Å². The molecule has 1 N–H and O–H groups in total. The van der Waals surface area contributed by atoms with Crippen molar-refractivity contribution in [3.63, 3.8) is 0 Å². The van der Waals surface area contributed by atoms with Crippen LogP contribution in [0.4, 0.5) is 0 Å². The van der Waals surface area contributed by atoms with Crippen molar-refractivity contribution in [2.24, 2.45) is 0 Å². The molecule has 0 fully saturated rings. The molecule has 0 radical (unpaired) electrons. The van der Waals surface area contributed by atoms with Crippen LogP contribution in [0.25, 0.3) is 0 Å². The van der Waals surface area contributed by atoms with Crippen molar-refractivity contribution in [3.8, 4) is 0 Å². The highest BCUT2D eigenvalue weighted by molar-refractivity contribution is 9.10. The van der Waals surface area contributed by atoms with Gasteiger partial charge in [-0.3, -0.25) is 0 Å². The standard InChI is InChI=1S/C13H13BrN2S/c1-8-3-4-10(5-9(8)2)6-12-15-7-11(14)13(17)16-12/h3-5,7H,6H2,1-2H3,(H,15,16,17). The van der Waals surface area contributed by atoms with Gasteiger partial charge in [-0.05, 0) is 46.5 Å². The van der Waals surface area contributed by atoms with E-state index in [1.807, 2.05) is 0 Å². The van der Waals surface area contributed by atoms with Crippen LogP contribution in [0, 0.1) is 18.5 Å². The molecule has 17 heavy (non-hydrogen) atoms. The maximum atomic E-state index is 5.16. The Morgan fingerprint density at radius 3 is 2.71 bits per heavy atom. The van der Waals surface area contributed by atoms with Gasteiger partial charge in [0.05, 0.1) is 4.47 Å². The third-order valence-electron chi connectivity index (χ3n) is 2.75. The molecule has 0 saturated heterocycles. The Morgan fingerprint density at radius 1 is 1.29 bits per heavy atom. The first-order chi connectivity index (χ1) is 8.06. The van der Waals surface area contributed by atoms with Crippen LogP contribution in [0.2, 0.25) is 0 Å². The molecule has 2 nitrogen and oxygen atoms in total. The molecule has 4 heteroatoms. The summed E-state index contributed by atoms with van der Waals surface area (Å²) in [5.41, 5.74) is 3.86. The lowest BCUT2D eigenvalue weighted by molar-refractivity contribution is 0.951. The van der Waals surface area contributed by atoms with Crippen molar-refractivity contribution in [2.45, 2.75) is 20.3 Å². The molecule has 1 aromatic carbocycles. The van der Waals surface area contributed by atoms with Crippen LogP contribution in [0.5, 0.6) is 0 Å². The van der Waals surface area contributed by atoms with E-state index in [0.29, 0.717) is 4.64 Å². The van der Waals surface area contributed by atoms with Crippen molar-refractivity contribution in [2.75, 3.05) is 0 Å². The van der Waals surface area contributed by atoms with Crippen LogP contribution in [0.15, 0.2) is 28.9 Å². The van der Waals surface area contributed by atoms with Crippen molar-refractivity contribution >= 4 is 28.1 Å². The Morgan fingerprint density at radius 2 is 2.06 bits per heavy atom. The molecule has 0 unspecified atom stereocenters. The molecule has 1 heterocycles. The summed E-state index contributed by atoms with van der Waals surface area (Å²) in [7, 11) is 0. The smallest absolute Gasteiger partial charge is 0.120 e. The van der Waals surface area contributed by atoms with Gasteiger partial charge < -0.3 is 4.98 Å². The highest BCUT2D eigenvalue weighted by atomic mass is 79.9. The predicted molar refractivity (Wildman–Crippen MR) is 75.8 cm³/mol. The first kappa shape index (κ1) is 12.5. The highest BCUT2D eigenvalue weighted by Gasteiger charge is 2.01. The van der Waals surface area contributed by atoms with Crippen molar-refractivity contribution in [3.05, 3.63) is 56.0 Å². The summed E-state index contributed by atoms with van der Waals surface area (Å²) in [6, 6.07) is 6.46. The van der Waals surface area contributed by atoms with Gasteiger partial charge in [0.15, 0.2) is 0 Å². The van der Waals surface area contributed by atoms with Gasteiger partial charge in [-0.1, -0.05) is 30.4 Å². The van der Waals surface area contributed by atoms with E-state index in [0.717, 1.165) is 16.7 Å². The molecule has 1 aromatic heterocycles. The number of hydrogen-bond acceptors (Lipinski definition) is 2. The van der Waals surface area contributed by atoms with Crippen molar-refractivity contribution in [1.82, 2.24) is 9.97 Å². The summed E-state index contributed by atoms with van der Waals surface area (Å²) in [6.07, 6.45) is 2.52. The number of nitrogens with zero attached hydrogens (tertiary/aromatic N) is 1. The van der Waals surface area contributed by atoms with Gasteiger partial charge in [-0.25, -0.2) is 4.98 Å². The molecule has 0 aliphatic heterocycles. The maximum Gasteiger partial charge on any atom is 0.120 e. The number of H-pyrrole nitrogens is 1. The van der Waals surface area contributed by atoms with Crippen LogP contribution >= 0.6 is 28.1 Å². The van der Waals surface area contributed by atoms with Gasteiger partial charge in [-0.2, -0.15) is 0 Å². The van der Waals surface area contributed by atoms with Gasteiger partial charge in [0, 0.05) is 12.6 Å². The Kier molecular flexibility index (Phi) is 3.74. The molecular weight excluding hydrogens is 296 g/mol. The molecule has 2 rings (SSSR count). The second kappa shape index (κ2) is 5.10. The zero-order valence-electron chi connectivity index (χ0n) is 9.75. The molecule has 0 atom stereocenters. The van der Waals surface area contributed by atoms with Crippen LogP contribution in [-0.2, 0) is 6.42 Å². The first-order valence-electron chi connectivity index (χ1n) is 5.36. The van der Waals surface area contributed by atoms with Crippen molar-refractivity contribution < 1.29 is 0 Å². The average Bonchev–Trinajstić information content (AvgIpc) is 2.29. The SMILES string of the molecule is Cc1ccc(Cc2ncc(Br)c(=S)[nH]2)cc1C. The fourth-order valence-corrected chi connectivity index (χ4v) is 1.98. The summed E-state index contributed by atoms with van der Waals surface area (Å²) in [5.74, 6) is 0.890. The Hall–Kier alpha value is -1.00. The van der Waals surface area contributed by atoms with Gasteiger partial charge >= 0.3 is 0 Å². The molecule has 0 spiro atoms. The Balaban J connectivity index is 2.28. The molecule has 0 amide bonds. The highest BCUT2D eigenvalue weighted by Crippen LogP contribution is 2.14. The fraction of sp³-hybridized carbons (Fsp3) is 0.231. The lowest BCUT2D eigenvalue weighted by Crippen LogP contribution is -1.97. The number of hydrogen-bond donors (Lipinski definition) is 1. The number of aromatic nitrogens is 2. The van der Waals surface area contributed by atoms with E-state index in [4.69, 9.17) is 12.2 Å². The normalized spacial score (nSPS) is 10.5. The number of nitrogens with one attached hydrogen (secondary N) is 1. The second-order valence-corrected chi connectivity index (χ2v) is 5.36. The van der Waals surface area contributed by atoms with E-state index in [9.17, 15) is 0 Å². The average molecular weight is 309 g/mol. The van der Waals surface area contributed by atoms with E-state index in [2.05, 4.69) is 57.9 Å². The molecule has 0 bridgehead atoms. The first-order valence-corrected chi connectivity index (χ1v) is 6.56. The van der Waals surface area contributed by atoms with Gasteiger partial charge in [0.25, 0.3) is 0 Å². The van der Waals surface area contributed by atoms with Gasteiger partial charge in [0.1, 0.15) is 10.5 Å². The van der Waals surface area contributed by atoms with E-state index in [-0.39, 0.29) is 0 Å². The minimum absolute atomic E-state index is 0.693. The van der Waals surface area contributed by atoms with Crippen molar-refractivity contribution in [1.29, 1.82) is 0 Å². The lowest BCUT2D eigenvalue weighted by atomic mass is 10.0. The minimum atomic E-state index is 0.693. The quantitative estimate of drug-likeness (QED) is 0.846. The fourth-order valence-electron chi connectivity index (χ4n) is 1.61. The lowest BCUT2D eigenvalue weighted by Gasteiger charge is -2.05. The Bertz CT molecular complexity index is 605. The van der Waals surface area contributed by atoms with E-state index < -0.39 is 0 Å². The van der Waals surface area contributed by atoms with E-state index in [1.54, 1.807) is 6.20 Å². The Labute approximate surface area is 114 Å². The minimum Gasteiger partial charge on any atom is -0.334 e. The number of rotatable bonds is 2. The number of aryl methyl sites for hydroxylation is 2. The summed E-state index contributed by atoms with van der Waals surface area (Å²) in [5, 5.41) is 0. The third kappa shape index (κ3) is 3.01. The van der Waals surface area contributed by atoms with Gasteiger partial charge in [0.2, 0.25) is 0 Å². The summed E-state index contributed by atoms with van der Waals surface area (Å²) < 4.78 is 1.52. The summed E-state index contributed by atoms with van der Waals surface area (Å²) in [6.45, 7) is 4.24. The van der Waals surface area contributed by atoms with Crippen LogP contribution in [-0.4, -0.2) is 9.97 Å². The molecule has 0 aliphatic carbocycles. The molecule has 88 valence electrons. The largest absolute Gasteiger partial charge is 0.334 e. The predicted octanol–water partition coefficient (Wildman–Crippen LogP) is 4.11. The molecule has 2 aromatic rings. The van der Waals surface area contributed by atoms with Crippen LogP contribution < -0.4 is 0 Å². The monoisotopic (exact) mass is 308 g/mol. The van der Waals surface area contributed by atoms with Crippen LogP contribution in [0.1, 0.15) is 22.5 Å². The second-order valence-electron chi connectivity index (χ2n) is 4.10.